The Morgan fingerprint density at radius 2 is 1.90 bits per heavy atom. The molecule has 2 aromatic rings. The number of nitrogens with one attached hydrogen (secondary N) is 2. The maximum absolute atomic E-state index is 13.1. The van der Waals surface area contributed by atoms with Gasteiger partial charge in [0.05, 0.1) is 18.8 Å². The van der Waals surface area contributed by atoms with Crippen molar-refractivity contribution >= 4 is 5.91 Å². The smallest absolute Gasteiger partial charge is 0.263 e. The highest BCUT2D eigenvalue weighted by Crippen LogP contribution is 2.24. The number of benzene rings is 1. The number of pyridine rings is 1. The second-order valence-electron chi connectivity index (χ2n) is 8.41. The number of hydrogen-bond donors (Lipinski definition) is 2. The minimum Gasteiger partial charge on any atom is -0.371 e. The first-order valence-corrected chi connectivity index (χ1v) is 11.0. The van der Waals surface area contributed by atoms with Gasteiger partial charge in [0.1, 0.15) is 5.56 Å². The average Bonchev–Trinajstić information content (AvgIpc) is 3.20. The lowest BCUT2D eigenvalue weighted by atomic mass is 10.0. The predicted octanol–water partition coefficient (Wildman–Crippen LogP) is 2.95. The summed E-state index contributed by atoms with van der Waals surface area (Å²) < 4.78 is 7.86. The van der Waals surface area contributed by atoms with Gasteiger partial charge in [-0.3, -0.25) is 9.59 Å². The molecule has 2 N–H and O–H groups in total. The Labute approximate surface area is 177 Å². The van der Waals surface area contributed by atoms with Crippen molar-refractivity contribution in [2.24, 2.45) is 0 Å². The topological polar surface area (TPSA) is 72.4 Å². The molecule has 160 valence electrons. The number of carbonyl (C=O) groups excluding carboxylic acids is 1. The molecule has 0 bridgehead atoms. The van der Waals surface area contributed by atoms with E-state index in [1.807, 2.05) is 49.5 Å². The van der Waals surface area contributed by atoms with E-state index < -0.39 is 0 Å². The van der Waals surface area contributed by atoms with Crippen LogP contribution in [-0.2, 0) is 11.3 Å². The minimum absolute atomic E-state index is 0.0233. The number of carbonyl (C=O) groups is 1. The second-order valence-corrected chi connectivity index (χ2v) is 8.41. The zero-order valence-electron chi connectivity index (χ0n) is 17.6. The van der Waals surface area contributed by atoms with Gasteiger partial charge >= 0.3 is 0 Å². The molecule has 2 atom stereocenters. The van der Waals surface area contributed by atoms with E-state index in [9.17, 15) is 9.59 Å². The molecule has 1 saturated carbocycles. The standard InChI is InChI=1S/C24H31N3O3/c1-17-12-15-27(19-10-13-25-14-11-19)24(29)22(17)23(28)26-20-8-5-9-21(20)30-16-18-6-3-2-4-7-18/h2-4,6-7,12,15,19-21,25H,5,8-11,13-14,16H2,1H3,(H,26,28)/t20-,21-/m1/s1. The highest BCUT2D eigenvalue weighted by atomic mass is 16.5. The van der Waals surface area contributed by atoms with Crippen molar-refractivity contribution < 1.29 is 9.53 Å². The lowest BCUT2D eigenvalue weighted by Gasteiger charge is -2.26. The maximum atomic E-state index is 13.1. The van der Waals surface area contributed by atoms with Crippen LogP contribution in [0.15, 0.2) is 47.4 Å². The predicted molar refractivity (Wildman–Crippen MR) is 117 cm³/mol. The SMILES string of the molecule is Cc1ccn(C2CCNCC2)c(=O)c1C(=O)N[C@@H]1CCC[C@H]1OCc1ccccc1. The van der Waals surface area contributed by atoms with Crippen LogP contribution in [0.2, 0.25) is 0 Å². The minimum atomic E-state index is -0.277. The van der Waals surface area contributed by atoms with Crippen LogP contribution >= 0.6 is 0 Å². The van der Waals surface area contributed by atoms with Gasteiger partial charge in [0.25, 0.3) is 11.5 Å². The maximum Gasteiger partial charge on any atom is 0.263 e. The molecule has 1 aromatic heterocycles. The molecule has 6 heteroatoms. The summed E-state index contributed by atoms with van der Waals surface area (Å²) in [5, 5.41) is 6.42. The van der Waals surface area contributed by atoms with Gasteiger partial charge in [0, 0.05) is 12.2 Å². The summed E-state index contributed by atoms with van der Waals surface area (Å²) in [5.74, 6) is -0.277. The molecule has 2 heterocycles. The number of hydrogen-bond acceptors (Lipinski definition) is 4. The van der Waals surface area contributed by atoms with Crippen LogP contribution in [0.1, 0.15) is 59.6 Å². The molecule has 0 unspecified atom stereocenters. The number of ether oxygens (including phenoxy) is 1. The number of aromatic nitrogens is 1. The molecule has 2 aliphatic rings. The van der Waals surface area contributed by atoms with Crippen molar-refractivity contribution in [3.63, 3.8) is 0 Å². The van der Waals surface area contributed by atoms with Gasteiger partial charge in [0.15, 0.2) is 0 Å². The molecule has 30 heavy (non-hydrogen) atoms. The molecule has 1 saturated heterocycles. The zero-order valence-corrected chi connectivity index (χ0v) is 17.6. The molecule has 2 fully saturated rings. The monoisotopic (exact) mass is 409 g/mol. The van der Waals surface area contributed by atoms with E-state index >= 15 is 0 Å². The van der Waals surface area contributed by atoms with E-state index in [0.717, 1.165) is 56.3 Å². The molecular weight excluding hydrogens is 378 g/mol. The molecular formula is C24H31N3O3. The Morgan fingerprint density at radius 3 is 2.67 bits per heavy atom. The van der Waals surface area contributed by atoms with Crippen LogP contribution in [-0.4, -0.2) is 35.7 Å². The third kappa shape index (κ3) is 4.65. The number of amides is 1. The average molecular weight is 410 g/mol. The van der Waals surface area contributed by atoms with Gasteiger partial charge in [-0.15, -0.1) is 0 Å². The summed E-state index contributed by atoms with van der Waals surface area (Å²) in [6.45, 7) is 4.16. The van der Waals surface area contributed by atoms with Gasteiger partial charge in [-0.1, -0.05) is 30.3 Å². The van der Waals surface area contributed by atoms with Crippen molar-refractivity contribution in [2.75, 3.05) is 13.1 Å². The largest absolute Gasteiger partial charge is 0.371 e. The Bertz CT molecular complexity index is 919. The fraction of sp³-hybridized carbons (Fsp3) is 0.500. The second kappa shape index (κ2) is 9.58. The molecule has 0 radical (unpaired) electrons. The Balaban J connectivity index is 1.45. The van der Waals surface area contributed by atoms with E-state index in [4.69, 9.17) is 4.74 Å². The van der Waals surface area contributed by atoms with Crippen molar-refractivity contribution in [3.05, 3.63) is 69.6 Å². The number of rotatable bonds is 6. The molecule has 6 nitrogen and oxygen atoms in total. The summed E-state index contributed by atoms with van der Waals surface area (Å²) in [6, 6.07) is 12.0. The molecule has 1 aliphatic carbocycles. The summed E-state index contributed by atoms with van der Waals surface area (Å²) >= 11 is 0. The lowest BCUT2D eigenvalue weighted by molar-refractivity contribution is 0.0271. The van der Waals surface area contributed by atoms with Crippen LogP contribution in [0.5, 0.6) is 0 Å². The molecule has 0 spiro atoms. The van der Waals surface area contributed by atoms with E-state index in [-0.39, 0.29) is 35.2 Å². The lowest BCUT2D eigenvalue weighted by Crippen LogP contribution is -2.44. The van der Waals surface area contributed by atoms with Gasteiger partial charge in [-0.05, 0) is 69.3 Å². The van der Waals surface area contributed by atoms with Crippen LogP contribution in [0.4, 0.5) is 0 Å². The van der Waals surface area contributed by atoms with Crippen LogP contribution in [0, 0.1) is 6.92 Å². The quantitative estimate of drug-likeness (QED) is 0.770. The van der Waals surface area contributed by atoms with E-state index in [2.05, 4.69) is 10.6 Å². The van der Waals surface area contributed by atoms with Crippen LogP contribution < -0.4 is 16.2 Å². The van der Waals surface area contributed by atoms with Crippen LogP contribution in [0.3, 0.4) is 0 Å². The Morgan fingerprint density at radius 1 is 1.13 bits per heavy atom. The summed E-state index contributed by atoms with van der Waals surface area (Å²) in [7, 11) is 0. The van der Waals surface area contributed by atoms with E-state index in [0.29, 0.717) is 6.61 Å². The third-order valence-electron chi connectivity index (χ3n) is 6.33. The first-order valence-electron chi connectivity index (χ1n) is 11.0. The highest BCUT2D eigenvalue weighted by molar-refractivity contribution is 5.95. The van der Waals surface area contributed by atoms with Gasteiger partial charge < -0.3 is 19.9 Å². The first kappa shape index (κ1) is 20.8. The van der Waals surface area contributed by atoms with Gasteiger partial charge in [-0.25, -0.2) is 0 Å². The van der Waals surface area contributed by atoms with Crippen LogP contribution in [0.25, 0.3) is 0 Å². The normalized spacial score (nSPS) is 22.2. The zero-order chi connectivity index (χ0) is 20.9. The van der Waals surface area contributed by atoms with Crippen molar-refractivity contribution in [1.29, 1.82) is 0 Å². The number of aryl methyl sites for hydroxylation is 1. The van der Waals surface area contributed by atoms with Gasteiger partial charge in [0.2, 0.25) is 0 Å². The van der Waals surface area contributed by atoms with Crippen molar-refractivity contribution in [2.45, 2.75) is 63.8 Å². The third-order valence-corrected chi connectivity index (χ3v) is 6.33. The molecule has 1 aliphatic heterocycles. The molecule has 1 aromatic carbocycles. The Hall–Kier alpha value is -2.44. The Kier molecular flexibility index (Phi) is 6.65. The fourth-order valence-corrected chi connectivity index (χ4v) is 4.60. The summed E-state index contributed by atoms with van der Waals surface area (Å²) in [4.78, 5) is 26.3. The first-order chi connectivity index (χ1) is 14.6. The fourth-order valence-electron chi connectivity index (χ4n) is 4.60. The molecule has 1 amide bonds. The summed E-state index contributed by atoms with van der Waals surface area (Å²) in [5.41, 5.74) is 1.93. The molecule has 4 rings (SSSR count). The summed E-state index contributed by atoms with van der Waals surface area (Å²) in [6.07, 6.45) is 6.43. The highest BCUT2D eigenvalue weighted by Gasteiger charge is 2.31. The van der Waals surface area contributed by atoms with Crippen molar-refractivity contribution in [1.82, 2.24) is 15.2 Å². The number of nitrogens with zero attached hydrogens (tertiary/aromatic N) is 1. The van der Waals surface area contributed by atoms with E-state index in [1.54, 1.807) is 4.57 Å². The van der Waals surface area contributed by atoms with Gasteiger partial charge in [-0.2, -0.15) is 0 Å². The van der Waals surface area contributed by atoms with E-state index in [1.165, 1.54) is 0 Å². The van der Waals surface area contributed by atoms with Crippen molar-refractivity contribution in [3.8, 4) is 0 Å². The number of piperidine rings is 1.